The number of aryl methyl sites for hydroxylation is 2. The van der Waals surface area contributed by atoms with Gasteiger partial charge in [-0.25, -0.2) is 4.98 Å². The van der Waals surface area contributed by atoms with Gasteiger partial charge in [-0.15, -0.1) is 11.3 Å². The molecular weight excluding hydrogens is 368 g/mol. The van der Waals surface area contributed by atoms with E-state index in [1.165, 1.54) is 34.6 Å². The Bertz CT molecular complexity index is 1010. The van der Waals surface area contributed by atoms with Crippen molar-refractivity contribution >= 4 is 27.5 Å². The van der Waals surface area contributed by atoms with E-state index in [9.17, 15) is 4.79 Å². The Hall–Kier alpha value is -2.18. The first-order valence-electron chi connectivity index (χ1n) is 10.3. The first-order chi connectivity index (χ1) is 13.6. The van der Waals surface area contributed by atoms with Gasteiger partial charge in [0, 0.05) is 4.88 Å². The Labute approximate surface area is 170 Å². The molecular formula is C22H29N4OS+. The van der Waals surface area contributed by atoms with Crippen molar-refractivity contribution in [3.63, 3.8) is 0 Å². The molecule has 28 heavy (non-hydrogen) atoms. The Balaban J connectivity index is 1.80. The van der Waals surface area contributed by atoms with Crippen LogP contribution in [0.25, 0.3) is 10.2 Å². The third kappa shape index (κ3) is 3.98. The SMILES string of the molecule is C[NH+](C)CCNc1nc2sc3c(c2c(=O)n1Cc1ccccc1)CCCCC3. The van der Waals surface area contributed by atoms with Crippen molar-refractivity contribution in [1.82, 2.24) is 9.55 Å². The maximum atomic E-state index is 13.6. The van der Waals surface area contributed by atoms with Crippen LogP contribution >= 0.6 is 11.3 Å². The van der Waals surface area contributed by atoms with Crippen LogP contribution in [0.1, 0.15) is 35.3 Å². The van der Waals surface area contributed by atoms with Crippen LogP contribution in [0.15, 0.2) is 35.1 Å². The summed E-state index contributed by atoms with van der Waals surface area (Å²) in [5.41, 5.74) is 2.49. The lowest BCUT2D eigenvalue weighted by molar-refractivity contribution is -0.856. The number of quaternary nitrogens is 1. The monoisotopic (exact) mass is 397 g/mol. The topological polar surface area (TPSA) is 51.4 Å². The molecule has 0 aliphatic heterocycles. The van der Waals surface area contributed by atoms with Gasteiger partial charge in [-0.05, 0) is 36.8 Å². The minimum Gasteiger partial charge on any atom is -0.350 e. The summed E-state index contributed by atoms with van der Waals surface area (Å²) in [5, 5.41) is 4.29. The molecule has 0 fully saturated rings. The standard InChI is InChI=1S/C22H28N4OS/c1-25(2)14-13-23-22-24-20-19(17-11-7-4-8-12-18(17)28-20)21(27)26(22)15-16-9-5-3-6-10-16/h3,5-6,9-10H,4,7-8,11-15H2,1-2H3,(H,23,24)/p+1. The summed E-state index contributed by atoms with van der Waals surface area (Å²) in [6, 6.07) is 10.2. The van der Waals surface area contributed by atoms with E-state index in [-0.39, 0.29) is 5.56 Å². The third-order valence-corrected chi connectivity index (χ3v) is 6.60. The summed E-state index contributed by atoms with van der Waals surface area (Å²) in [7, 11) is 4.26. The summed E-state index contributed by atoms with van der Waals surface area (Å²) < 4.78 is 1.83. The Kier molecular flexibility index (Phi) is 5.78. The van der Waals surface area contributed by atoms with E-state index in [0.29, 0.717) is 12.5 Å². The molecule has 2 aromatic heterocycles. The van der Waals surface area contributed by atoms with Gasteiger partial charge >= 0.3 is 0 Å². The summed E-state index contributed by atoms with van der Waals surface area (Å²) >= 11 is 1.73. The second-order valence-electron chi connectivity index (χ2n) is 7.94. The van der Waals surface area contributed by atoms with Crippen LogP contribution in [-0.2, 0) is 19.4 Å². The molecule has 0 atom stereocenters. The molecule has 0 saturated carbocycles. The van der Waals surface area contributed by atoms with Crippen molar-refractivity contribution in [1.29, 1.82) is 0 Å². The lowest BCUT2D eigenvalue weighted by Gasteiger charge is -2.15. The van der Waals surface area contributed by atoms with Crippen LogP contribution < -0.4 is 15.8 Å². The van der Waals surface area contributed by atoms with Crippen LogP contribution in [0, 0.1) is 0 Å². The van der Waals surface area contributed by atoms with E-state index in [1.807, 2.05) is 22.8 Å². The van der Waals surface area contributed by atoms with Crippen LogP contribution in [0.2, 0.25) is 0 Å². The van der Waals surface area contributed by atoms with Gasteiger partial charge in [-0.1, -0.05) is 36.8 Å². The average molecular weight is 398 g/mol. The highest BCUT2D eigenvalue weighted by Crippen LogP contribution is 2.33. The molecule has 4 rings (SSSR count). The molecule has 0 unspecified atom stereocenters. The predicted molar refractivity (Wildman–Crippen MR) is 117 cm³/mol. The molecule has 5 nitrogen and oxygen atoms in total. The second kappa shape index (κ2) is 8.45. The Morgan fingerprint density at radius 3 is 2.71 bits per heavy atom. The molecule has 0 amide bonds. The molecule has 1 aliphatic carbocycles. The number of likely N-dealkylation sites (N-methyl/N-ethyl adjacent to an activating group) is 1. The van der Waals surface area contributed by atoms with Crippen molar-refractivity contribution in [3.8, 4) is 0 Å². The van der Waals surface area contributed by atoms with E-state index in [4.69, 9.17) is 4.98 Å². The molecule has 3 aromatic rings. The number of benzene rings is 1. The van der Waals surface area contributed by atoms with Crippen LogP contribution in [0.3, 0.4) is 0 Å². The van der Waals surface area contributed by atoms with Crippen LogP contribution in [0.5, 0.6) is 0 Å². The van der Waals surface area contributed by atoms with Crippen LogP contribution in [-0.4, -0.2) is 36.7 Å². The molecule has 2 N–H and O–H groups in total. The fourth-order valence-electron chi connectivity index (χ4n) is 3.89. The summed E-state index contributed by atoms with van der Waals surface area (Å²) in [4.78, 5) is 22.2. The van der Waals surface area contributed by atoms with E-state index < -0.39 is 0 Å². The van der Waals surface area contributed by atoms with Gasteiger partial charge < -0.3 is 10.2 Å². The van der Waals surface area contributed by atoms with Crippen molar-refractivity contribution in [2.45, 2.75) is 38.6 Å². The zero-order chi connectivity index (χ0) is 19.5. The molecule has 0 bridgehead atoms. The lowest BCUT2D eigenvalue weighted by atomic mass is 10.1. The predicted octanol–water partition coefficient (Wildman–Crippen LogP) is 2.33. The molecule has 0 spiro atoms. The van der Waals surface area contributed by atoms with Crippen molar-refractivity contribution < 1.29 is 4.90 Å². The van der Waals surface area contributed by atoms with E-state index in [0.717, 1.165) is 41.7 Å². The highest BCUT2D eigenvalue weighted by atomic mass is 32.1. The van der Waals surface area contributed by atoms with E-state index >= 15 is 0 Å². The van der Waals surface area contributed by atoms with Crippen molar-refractivity contribution in [2.24, 2.45) is 0 Å². The van der Waals surface area contributed by atoms with Gasteiger partial charge in [0.05, 0.1) is 39.1 Å². The second-order valence-corrected chi connectivity index (χ2v) is 9.02. The van der Waals surface area contributed by atoms with Gasteiger partial charge in [0.2, 0.25) is 5.95 Å². The number of hydrogen-bond acceptors (Lipinski definition) is 4. The van der Waals surface area contributed by atoms with Crippen LogP contribution in [0.4, 0.5) is 5.95 Å². The summed E-state index contributed by atoms with van der Waals surface area (Å²) in [6.07, 6.45) is 5.73. The van der Waals surface area contributed by atoms with E-state index in [2.05, 4.69) is 31.5 Å². The maximum absolute atomic E-state index is 13.6. The van der Waals surface area contributed by atoms with Gasteiger partial charge in [0.15, 0.2) is 0 Å². The average Bonchev–Trinajstić information content (AvgIpc) is 2.86. The van der Waals surface area contributed by atoms with Crippen molar-refractivity contribution in [2.75, 3.05) is 32.5 Å². The summed E-state index contributed by atoms with van der Waals surface area (Å²) in [6.45, 7) is 2.31. The largest absolute Gasteiger partial charge is 0.350 e. The smallest absolute Gasteiger partial charge is 0.264 e. The van der Waals surface area contributed by atoms with Gasteiger partial charge in [0.1, 0.15) is 4.83 Å². The fraction of sp³-hybridized carbons (Fsp3) is 0.455. The highest BCUT2D eigenvalue weighted by molar-refractivity contribution is 7.18. The molecule has 0 saturated heterocycles. The fourth-order valence-corrected chi connectivity index (χ4v) is 5.14. The number of nitrogens with one attached hydrogen (secondary N) is 2. The molecule has 148 valence electrons. The van der Waals surface area contributed by atoms with Gasteiger partial charge in [-0.3, -0.25) is 9.36 Å². The Morgan fingerprint density at radius 2 is 1.93 bits per heavy atom. The first kappa shape index (κ1) is 19.2. The minimum atomic E-state index is 0.105. The number of hydrogen-bond donors (Lipinski definition) is 2. The third-order valence-electron chi connectivity index (χ3n) is 5.42. The first-order valence-corrected chi connectivity index (χ1v) is 11.1. The van der Waals surface area contributed by atoms with E-state index in [1.54, 1.807) is 11.3 Å². The molecule has 0 radical (unpaired) electrons. The van der Waals surface area contributed by atoms with Gasteiger partial charge in [-0.2, -0.15) is 0 Å². The number of fused-ring (bicyclic) bond motifs is 3. The van der Waals surface area contributed by atoms with Crippen molar-refractivity contribution in [3.05, 3.63) is 56.7 Å². The number of aromatic nitrogens is 2. The highest BCUT2D eigenvalue weighted by Gasteiger charge is 2.21. The minimum absolute atomic E-state index is 0.105. The number of rotatable bonds is 6. The number of anilines is 1. The molecule has 1 aromatic carbocycles. The molecule has 2 heterocycles. The zero-order valence-electron chi connectivity index (χ0n) is 16.8. The lowest BCUT2D eigenvalue weighted by Crippen LogP contribution is -3.06. The molecule has 1 aliphatic rings. The van der Waals surface area contributed by atoms with Gasteiger partial charge in [0.25, 0.3) is 5.56 Å². The zero-order valence-corrected chi connectivity index (χ0v) is 17.6. The quantitative estimate of drug-likeness (QED) is 0.628. The maximum Gasteiger partial charge on any atom is 0.264 e. The molecule has 6 heteroatoms. The number of thiophene rings is 1. The number of nitrogens with zero attached hydrogens (tertiary/aromatic N) is 2. The summed E-state index contributed by atoms with van der Waals surface area (Å²) in [5.74, 6) is 0.694. The Morgan fingerprint density at radius 1 is 1.14 bits per heavy atom. The normalized spacial score (nSPS) is 14.2.